The van der Waals surface area contributed by atoms with Crippen LogP contribution in [-0.2, 0) is 16.7 Å². The van der Waals surface area contributed by atoms with Gasteiger partial charge in [0.2, 0.25) is 0 Å². The summed E-state index contributed by atoms with van der Waals surface area (Å²) in [7, 11) is 3.68. The summed E-state index contributed by atoms with van der Waals surface area (Å²) < 4.78 is 18.9. The lowest BCUT2D eigenvalue weighted by atomic mass is 9.85. The molecule has 2 aromatic rings. The van der Waals surface area contributed by atoms with E-state index in [0.717, 1.165) is 28.8 Å². The Balaban J connectivity index is 0.00000420. The third-order valence-corrected chi connectivity index (χ3v) is 5.65. The molecule has 2 rings (SSSR count). The van der Waals surface area contributed by atoms with E-state index in [1.165, 1.54) is 6.07 Å². The topological polar surface area (TPSA) is 49.8 Å². The molecule has 1 heterocycles. The number of aromatic nitrogens is 1. The maximum Gasteiger partial charge on any atom is 0.194 e. The molecule has 0 aliphatic heterocycles. The van der Waals surface area contributed by atoms with E-state index in [4.69, 9.17) is 9.73 Å². The lowest BCUT2D eigenvalue weighted by Gasteiger charge is -2.26. The summed E-state index contributed by atoms with van der Waals surface area (Å²) in [5.41, 5.74) is 1.65. The number of thiazole rings is 1. The standard InChI is InChI=1S/C21H31FN4OS.HI/c1-7-23-20(24-14-21(3,4)16-9-8-10-17(22)11-16)26(5)12-18-13-28-19(25-18)15(2)27-6;/h8-11,13,15H,7,12,14H2,1-6H3,(H,23,24);1H. The van der Waals surface area contributed by atoms with E-state index in [1.807, 2.05) is 27.0 Å². The second-order valence-electron chi connectivity index (χ2n) is 7.48. The number of methoxy groups -OCH3 is 1. The normalized spacial score (nSPS) is 13.0. The molecule has 0 amide bonds. The van der Waals surface area contributed by atoms with Gasteiger partial charge in [-0.3, -0.25) is 4.99 Å². The van der Waals surface area contributed by atoms with E-state index in [1.54, 1.807) is 30.6 Å². The molecule has 5 nitrogen and oxygen atoms in total. The molecule has 0 saturated heterocycles. The van der Waals surface area contributed by atoms with Crippen molar-refractivity contribution in [1.29, 1.82) is 0 Å². The highest BCUT2D eigenvalue weighted by atomic mass is 127. The minimum absolute atomic E-state index is 0. The van der Waals surface area contributed by atoms with Gasteiger partial charge in [-0.2, -0.15) is 0 Å². The summed E-state index contributed by atoms with van der Waals surface area (Å²) in [4.78, 5) is 11.5. The van der Waals surface area contributed by atoms with Crippen molar-refractivity contribution >= 4 is 41.3 Å². The molecule has 0 bridgehead atoms. The van der Waals surface area contributed by atoms with Gasteiger partial charge in [0.15, 0.2) is 5.96 Å². The van der Waals surface area contributed by atoms with Crippen LogP contribution in [0.5, 0.6) is 0 Å². The van der Waals surface area contributed by atoms with Crippen molar-refractivity contribution in [3.05, 3.63) is 51.7 Å². The van der Waals surface area contributed by atoms with Gasteiger partial charge in [-0.15, -0.1) is 35.3 Å². The maximum absolute atomic E-state index is 13.6. The highest BCUT2D eigenvalue weighted by molar-refractivity contribution is 14.0. The lowest BCUT2D eigenvalue weighted by Crippen LogP contribution is -2.39. The SMILES string of the molecule is CCNC(=NCC(C)(C)c1cccc(F)c1)N(C)Cc1csc(C(C)OC)n1.I. The van der Waals surface area contributed by atoms with Crippen LogP contribution in [0.15, 0.2) is 34.6 Å². The molecule has 0 fully saturated rings. The molecule has 8 heteroatoms. The van der Waals surface area contributed by atoms with E-state index in [0.29, 0.717) is 13.1 Å². The number of hydrogen-bond donors (Lipinski definition) is 1. The van der Waals surface area contributed by atoms with Crippen molar-refractivity contribution < 1.29 is 9.13 Å². The van der Waals surface area contributed by atoms with Gasteiger partial charge in [-0.1, -0.05) is 26.0 Å². The summed E-state index contributed by atoms with van der Waals surface area (Å²) in [6, 6.07) is 6.74. The van der Waals surface area contributed by atoms with Crippen LogP contribution in [0.1, 0.15) is 50.1 Å². The van der Waals surface area contributed by atoms with E-state index >= 15 is 0 Å². The van der Waals surface area contributed by atoms with Crippen LogP contribution in [0.4, 0.5) is 4.39 Å². The fourth-order valence-corrected chi connectivity index (χ4v) is 3.59. The monoisotopic (exact) mass is 534 g/mol. The first-order valence-corrected chi connectivity index (χ1v) is 10.4. The molecule has 1 atom stereocenters. The van der Waals surface area contributed by atoms with E-state index < -0.39 is 0 Å². The largest absolute Gasteiger partial charge is 0.375 e. The third-order valence-electron chi connectivity index (χ3n) is 4.60. The number of halogens is 2. The first kappa shape index (κ1) is 25.8. The molecule has 0 aliphatic carbocycles. The van der Waals surface area contributed by atoms with Gasteiger partial charge in [0.25, 0.3) is 0 Å². The Morgan fingerprint density at radius 3 is 2.76 bits per heavy atom. The third kappa shape index (κ3) is 7.49. The molecule has 1 aromatic carbocycles. The van der Waals surface area contributed by atoms with Crippen LogP contribution in [0, 0.1) is 5.82 Å². The van der Waals surface area contributed by atoms with E-state index in [9.17, 15) is 4.39 Å². The number of benzene rings is 1. The van der Waals surface area contributed by atoms with Crippen molar-refractivity contribution in [3.8, 4) is 0 Å². The maximum atomic E-state index is 13.6. The fraction of sp³-hybridized carbons (Fsp3) is 0.524. The summed E-state index contributed by atoms with van der Waals surface area (Å²) in [6.07, 6.45) is -0.00183. The lowest BCUT2D eigenvalue weighted by molar-refractivity contribution is 0.119. The molecule has 162 valence electrons. The average molecular weight is 534 g/mol. The smallest absolute Gasteiger partial charge is 0.194 e. The predicted octanol–water partition coefficient (Wildman–Crippen LogP) is 4.98. The van der Waals surface area contributed by atoms with Crippen LogP contribution in [0.25, 0.3) is 0 Å². The van der Waals surface area contributed by atoms with Crippen molar-refractivity contribution in [3.63, 3.8) is 0 Å². The summed E-state index contributed by atoms with van der Waals surface area (Å²) in [5, 5.41) is 6.36. The van der Waals surface area contributed by atoms with E-state index in [-0.39, 0.29) is 41.3 Å². The van der Waals surface area contributed by atoms with Gasteiger partial charge < -0.3 is 15.0 Å². The summed E-state index contributed by atoms with van der Waals surface area (Å²) in [5.74, 6) is 0.588. The first-order chi connectivity index (χ1) is 13.3. The number of guanidine groups is 1. The van der Waals surface area contributed by atoms with Gasteiger partial charge in [0.1, 0.15) is 16.9 Å². The Morgan fingerprint density at radius 2 is 2.14 bits per heavy atom. The fourth-order valence-electron chi connectivity index (χ4n) is 2.74. The number of nitrogens with zero attached hydrogens (tertiary/aromatic N) is 3. The van der Waals surface area contributed by atoms with Crippen molar-refractivity contribution in [2.24, 2.45) is 4.99 Å². The summed E-state index contributed by atoms with van der Waals surface area (Å²) >= 11 is 1.61. The number of hydrogen-bond acceptors (Lipinski definition) is 4. The molecular formula is C21H32FIN4OS. The van der Waals surface area contributed by atoms with Crippen LogP contribution in [0.2, 0.25) is 0 Å². The number of nitrogens with one attached hydrogen (secondary N) is 1. The zero-order chi connectivity index (χ0) is 20.7. The summed E-state index contributed by atoms with van der Waals surface area (Å²) in [6.45, 7) is 10.2. The highest BCUT2D eigenvalue weighted by Gasteiger charge is 2.21. The van der Waals surface area contributed by atoms with Gasteiger partial charge in [-0.25, -0.2) is 9.37 Å². The van der Waals surface area contributed by atoms with Gasteiger partial charge >= 0.3 is 0 Å². The molecule has 0 radical (unpaired) electrons. The zero-order valence-electron chi connectivity index (χ0n) is 18.0. The Hall–Kier alpha value is -1.26. The number of ether oxygens (including phenoxy) is 1. The molecule has 0 spiro atoms. The van der Waals surface area contributed by atoms with Gasteiger partial charge in [0.05, 0.1) is 18.8 Å². The average Bonchev–Trinajstić information content (AvgIpc) is 3.12. The molecular weight excluding hydrogens is 502 g/mol. The molecule has 0 saturated carbocycles. The van der Waals surface area contributed by atoms with Crippen LogP contribution in [-0.4, -0.2) is 43.1 Å². The van der Waals surface area contributed by atoms with E-state index in [2.05, 4.69) is 34.4 Å². The molecule has 29 heavy (non-hydrogen) atoms. The van der Waals surface area contributed by atoms with Crippen LogP contribution >= 0.6 is 35.3 Å². The Labute approximate surface area is 194 Å². The molecule has 1 N–H and O–H groups in total. The Kier molecular flexibility index (Phi) is 10.5. The number of rotatable bonds is 8. The second-order valence-corrected chi connectivity index (χ2v) is 8.37. The minimum Gasteiger partial charge on any atom is -0.375 e. The van der Waals surface area contributed by atoms with Crippen molar-refractivity contribution in [2.75, 3.05) is 27.2 Å². The minimum atomic E-state index is -0.273. The quantitative estimate of drug-likeness (QED) is 0.295. The molecule has 0 aliphatic rings. The first-order valence-electron chi connectivity index (χ1n) is 9.49. The second kappa shape index (κ2) is 11.8. The predicted molar refractivity (Wildman–Crippen MR) is 130 cm³/mol. The van der Waals surface area contributed by atoms with Crippen molar-refractivity contribution in [1.82, 2.24) is 15.2 Å². The van der Waals surface area contributed by atoms with Crippen LogP contribution in [0.3, 0.4) is 0 Å². The number of aliphatic imine (C=N–C) groups is 1. The highest BCUT2D eigenvalue weighted by Crippen LogP contribution is 2.24. The van der Waals surface area contributed by atoms with Crippen molar-refractivity contribution in [2.45, 2.75) is 45.8 Å². The Bertz CT molecular complexity index is 796. The Morgan fingerprint density at radius 1 is 1.41 bits per heavy atom. The molecule has 1 unspecified atom stereocenters. The van der Waals surface area contributed by atoms with Crippen LogP contribution < -0.4 is 5.32 Å². The van der Waals surface area contributed by atoms with Gasteiger partial charge in [0, 0.05) is 31.5 Å². The molecule has 1 aromatic heterocycles. The van der Waals surface area contributed by atoms with Gasteiger partial charge in [-0.05, 0) is 31.5 Å². The zero-order valence-corrected chi connectivity index (χ0v) is 21.2.